The Hall–Kier alpha value is -0.720. The van der Waals surface area contributed by atoms with Crippen molar-refractivity contribution in [1.82, 2.24) is 5.48 Å². The largest absolute Gasteiger partial charge is 0.382 e. The molecule has 0 aromatic carbocycles. The highest BCUT2D eigenvalue weighted by Crippen LogP contribution is 2.24. The zero-order chi connectivity index (χ0) is 12.6. The van der Waals surface area contributed by atoms with Crippen molar-refractivity contribution in [2.24, 2.45) is 0 Å². The standard InChI is InChI=1S/C13H17NO2S2/c1-15-6-7-16-14-12(13-5-3-9-18-13)10-11-4-2-8-17-11/h2-5,8-9,12,14H,6-7,10H2,1H3. The van der Waals surface area contributed by atoms with E-state index >= 15 is 0 Å². The van der Waals surface area contributed by atoms with Gasteiger partial charge in [0, 0.05) is 23.3 Å². The van der Waals surface area contributed by atoms with Gasteiger partial charge in [-0.15, -0.1) is 22.7 Å². The highest BCUT2D eigenvalue weighted by atomic mass is 32.1. The Kier molecular flexibility index (Phi) is 5.83. The lowest BCUT2D eigenvalue weighted by atomic mass is 10.1. The van der Waals surface area contributed by atoms with Crippen LogP contribution in [0, 0.1) is 0 Å². The molecule has 1 atom stereocenters. The Morgan fingerprint density at radius 2 is 2.00 bits per heavy atom. The second kappa shape index (κ2) is 7.66. The summed E-state index contributed by atoms with van der Waals surface area (Å²) >= 11 is 3.52. The molecule has 2 aromatic heterocycles. The highest BCUT2D eigenvalue weighted by molar-refractivity contribution is 7.10. The lowest BCUT2D eigenvalue weighted by Gasteiger charge is -2.16. The SMILES string of the molecule is COCCONC(Cc1cccs1)c1cccs1. The summed E-state index contributed by atoms with van der Waals surface area (Å²) in [6.07, 6.45) is 0.950. The van der Waals surface area contributed by atoms with Crippen molar-refractivity contribution >= 4 is 22.7 Å². The molecule has 2 rings (SSSR count). The van der Waals surface area contributed by atoms with Crippen molar-refractivity contribution in [3.63, 3.8) is 0 Å². The van der Waals surface area contributed by atoms with Crippen LogP contribution in [0.25, 0.3) is 0 Å². The number of methoxy groups -OCH3 is 1. The zero-order valence-electron chi connectivity index (χ0n) is 10.3. The molecular weight excluding hydrogens is 266 g/mol. The van der Waals surface area contributed by atoms with Crippen molar-refractivity contribution in [3.8, 4) is 0 Å². The summed E-state index contributed by atoms with van der Waals surface area (Å²) in [5, 5.41) is 4.19. The van der Waals surface area contributed by atoms with E-state index in [1.807, 2.05) is 0 Å². The third-order valence-electron chi connectivity index (χ3n) is 2.49. The van der Waals surface area contributed by atoms with Crippen LogP contribution < -0.4 is 5.48 Å². The fraction of sp³-hybridized carbons (Fsp3) is 0.385. The predicted octanol–water partition coefficient (Wildman–Crippen LogP) is 3.26. The molecule has 0 saturated heterocycles. The molecule has 0 amide bonds. The third kappa shape index (κ3) is 4.19. The van der Waals surface area contributed by atoms with Gasteiger partial charge in [-0.3, -0.25) is 4.84 Å². The van der Waals surface area contributed by atoms with E-state index in [9.17, 15) is 0 Å². The van der Waals surface area contributed by atoms with Gasteiger partial charge in [0.2, 0.25) is 0 Å². The molecule has 0 saturated carbocycles. The van der Waals surface area contributed by atoms with Crippen LogP contribution in [0.5, 0.6) is 0 Å². The molecule has 0 aliphatic rings. The number of hydroxylamine groups is 1. The average Bonchev–Trinajstić information content (AvgIpc) is 3.05. The normalized spacial score (nSPS) is 12.7. The first-order chi connectivity index (χ1) is 8.90. The quantitative estimate of drug-likeness (QED) is 0.596. The Bertz CT molecular complexity index is 414. The molecule has 98 valence electrons. The highest BCUT2D eigenvalue weighted by Gasteiger charge is 2.13. The lowest BCUT2D eigenvalue weighted by Crippen LogP contribution is -2.24. The van der Waals surface area contributed by atoms with Crippen molar-refractivity contribution < 1.29 is 9.57 Å². The van der Waals surface area contributed by atoms with E-state index in [1.54, 1.807) is 29.8 Å². The number of hydrogen-bond donors (Lipinski definition) is 1. The molecule has 0 aliphatic carbocycles. The number of hydrogen-bond acceptors (Lipinski definition) is 5. The van der Waals surface area contributed by atoms with E-state index in [1.165, 1.54) is 9.75 Å². The summed E-state index contributed by atoms with van der Waals surface area (Å²) in [5.41, 5.74) is 3.13. The molecule has 18 heavy (non-hydrogen) atoms. The first-order valence-corrected chi connectivity index (χ1v) is 7.58. The van der Waals surface area contributed by atoms with Crippen LogP contribution in [0.15, 0.2) is 35.0 Å². The number of nitrogens with one attached hydrogen (secondary N) is 1. The maximum Gasteiger partial charge on any atom is 0.0916 e. The first-order valence-electron chi connectivity index (χ1n) is 5.82. The molecule has 0 spiro atoms. The molecule has 0 aliphatic heterocycles. The van der Waals surface area contributed by atoms with Crippen LogP contribution >= 0.6 is 22.7 Å². The van der Waals surface area contributed by atoms with E-state index in [0.29, 0.717) is 13.2 Å². The van der Waals surface area contributed by atoms with Gasteiger partial charge in [-0.05, 0) is 22.9 Å². The van der Waals surface area contributed by atoms with E-state index in [0.717, 1.165) is 6.42 Å². The van der Waals surface area contributed by atoms with Crippen LogP contribution in [-0.4, -0.2) is 20.3 Å². The van der Waals surface area contributed by atoms with Crippen molar-refractivity contribution in [1.29, 1.82) is 0 Å². The second-order valence-electron chi connectivity index (χ2n) is 3.81. The van der Waals surface area contributed by atoms with Gasteiger partial charge in [-0.25, -0.2) is 0 Å². The van der Waals surface area contributed by atoms with Crippen LogP contribution in [0.4, 0.5) is 0 Å². The number of ether oxygens (including phenoxy) is 1. The van der Waals surface area contributed by atoms with Gasteiger partial charge < -0.3 is 4.74 Å². The Labute approximate surface area is 115 Å². The maximum absolute atomic E-state index is 5.45. The van der Waals surface area contributed by atoms with Crippen LogP contribution in [-0.2, 0) is 16.0 Å². The molecule has 0 bridgehead atoms. The molecule has 0 radical (unpaired) electrons. The van der Waals surface area contributed by atoms with E-state index in [4.69, 9.17) is 9.57 Å². The fourth-order valence-corrected chi connectivity index (χ4v) is 3.12. The van der Waals surface area contributed by atoms with Gasteiger partial charge in [0.05, 0.1) is 19.3 Å². The number of rotatable bonds is 8. The van der Waals surface area contributed by atoms with Crippen LogP contribution in [0.2, 0.25) is 0 Å². The topological polar surface area (TPSA) is 30.5 Å². The summed E-state index contributed by atoms with van der Waals surface area (Å²) in [5.74, 6) is 0. The monoisotopic (exact) mass is 283 g/mol. The van der Waals surface area contributed by atoms with Crippen LogP contribution in [0.3, 0.4) is 0 Å². The lowest BCUT2D eigenvalue weighted by molar-refractivity contribution is -0.0117. The minimum atomic E-state index is 0.209. The minimum Gasteiger partial charge on any atom is -0.382 e. The molecule has 1 unspecified atom stereocenters. The zero-order valence-corrected chi connectivity index (χ0v) is 11.9. The minimum absolute atomic E-state index is 0.209. The molecule has 2 heterocycles. The van der Waals surface area contributed by atoms with Crippen LogP contribution in [0.1, 0.15) is 15.8 Å². The molecular formula is C13H17NO2S2. The van der Waals surface area contributed by atoms with Gasteiger partial charge in [0.25, 0.3) is 0 Å². The Balaban J connectivity index is 1.91. The summed E-state index contributed by atoms with van der Waals surface area (Å²) in [6, 6.07) is 8.65. The molecule has 1 N–H and O–H groups in total. The van der Waals surface area contributed by atoms with Gasteiger partial charge in [0.1, 0.15) is 0 Å². The van der Waals surface area contributed by atoms with Crippen molar-refractivity contribution in [2.45, 2.75) is 12.5 Å². The van der Waals surface area contributed by atoms with E-state index in [2.05, 4.69) is 40.5 Å². The van der Waals surface area contributed by atoms with Gasteiger partial charge in [-0.1, -0.05) is 12.1 Å². The van der Waals surface area contributed by atoms with Crippen molar-refractivity contribution in [2.75, 3.05) is 20.3 Å². The number of thiophene rings is 2. The van der Waals surface area contributed by atoms with E-state index < -0.39 is 0 Å². The first kappa shape index (κ1) is 13.7. The average molecular weight is 283 g/mol. The molecule has 2 aromatic rings. The van der Waals surface area contributed by atoms with Gasteiger partial charge in [-0.2, -0.15) is 5.48 Å². The van der Waals surface area contributed by atoms with Gasteiger partial charge in [0.15, 0.2) is 0 Å². The third-order valence-corrected chi connectivity index (χ3v) is 4.37. The fourth-order valence-electron chi connectivity index (χ4n) is 1.60. The summed E-state index contributed by atoms with van der Waals surface area (Å²) in [4.78, 5) is 8.10. The van der Waals surface area contributed by atoms with Crippen molar-refractivity contribution in [3.05, 3.63) is 44.8 Å². The second-order valence-corrected chi connectivity index (χ2v) is 5.82. The molecule has 3 nitrogen and oxygen atoms in total. The summed E-state index contributed by atoms with van der Waals surface area (Å²) < 4.78 is 4.96. The molecule has 5 heteroatoms. The van der Waals surface area contributed by atoms with E-state index in [-0.39, 0.29) is 6.04 Å². The smallest absolute Gasteiger partial charge is 0.0916 e. The summed E-state index contributed by atoms with van der Waals surface area (Å²) in [7, 11) is 1.67. The Morgan fingerprint density at radius 1 is 1.17 bits per heavy atom. The summed E-state index contributed by atoms with van der Waals surface area (Å²) in [6.45, 7) is 1.16. The maximum atomic E-state index is 5.45. The predicted molar refractivity (Wildman–Crippen MR) is 76.0 cm³/mol. The molecule has 0 fully saturated rings. The van der Waals surface area contributed by atoms with Gasteiger partial charge >= 0.3 is 0 Å². The Morgan fingerprint density at radius 3 is 2.67 bits per heavy atom.